The Morgan fingerprint density at radius 1 is 1.44 bits per heavy atom. The van der Waals surface area contributed by atoms with Crippen LogP contribution in [-0.4, -0.2) is 52.6 Å². The molecule has 0 bridgehead atoms. The van der Waals surface area contributed by atoms with E-state index in [-0.39, 0.29) is 23.8 Å². The number of ether oxygens (including phenoxy) is 1. The maximum atomic E-state index is 14.8. The summed E-state index contributed by atoms with van der Waals surface area (Å²) in [7, 11) is 0. The lowest BCUT2D eigenvalue weighted by atomic mass is 9.91. The Hall–Kier alpha value is -2.41. The molecule has 2 fully saturated rings. The second-order valence-electron chi connectivity index (χ2n) is 7.35. The van der Waals surface area contributed by atoms with E-state index in [9.17, 15) is 9.18 Å². The third kappa shape index (κ3) is 3.20. The predicted molar refractivity (Wildman–Crippen MR) is 102 cm³/mol. The summed E-state index contributed by atoms with van der Waals surface area (Å²) in [5.41, 5.74) is 2.25. The van der Waals surface area contributed by atoms with Gasteiger partial charge in [-0.2, -0.15) is 0 Å². The minimum atomic E-state index is -0.365. The Morgan fingerprint density at radius 3 is 2.96 bits per heavy atom. The van der Waals surface area contributed by atoms with Gasteiger partial charge in [-0.05, 0) is 43.7 Å². The molecule has 144 valence electrons. The van der Waals surface area contributed by atoms with Crippen LogP contribution >= 0.6 is 0 Å². The van der Waals surface area contributed by atoms with Crippen LogP contribution in [0.2, 0.25) is 0 Å². The van der Waals surface area contributed by atoms with Crippen LogP contribution in [0.15, 0.2) is 25.0 Å². The molecule has 2 saturated heterocycles. The number of nitrogens with one attached hydrogen (secondary N) is 2. The van der Waals surface area contributed by atoms with Gasteiger partial charge in [-0.1, -0.05) is 6.58 Å². The van der Waals surface area contributed by atoms with Crippen LogP contribution in [0.3, 0.4) is 0 Å². The smallest absolute Gasteiger partial charge is 0.246 e. The molecule has 0 unspecified atom stereocenters. The lowest BCUT2D eigenvalue weighted by Gasteiger charge is -2.26. The molecule has 1 amide bonds. The first-order valence-electron chi connectivity index (χ1n) is 9.53. The molecule has 6 nitrogen and oxygen atoms in total. The van der Waals surface area contributed by atoms with Crippen LogP contribution in [0.25, 0.3) is 11.0 Å². The fraction of sp³-hybridized carbons (Fsp3) is 0.500. The van der Waals surface area contributed by atoms with Crippen LogP contribution in [0.1, 0.15) is 37.7 Å². The first-order valence-corrected chi connectivity index (χ1v) is 9.53. The van der Waals surface area contributed by atoms with Gasteiger partial charge in [-0.25, -0.2) is 9.37 Å². The molecule has 2 aromatic heterocycles. The van der Waals surface area contributed by atoms with Gasteiger partial charge in [-0.3, -0.25) is 4.79 Å². The van der Waals surface area contributed by atoms with E-state index in [1.807, 2.05) is 13.1 Å². The zero-order valence-corrected chi connectivity index (χ0v) is 15.5. The number of fused-ring (bicyclic) bond motifs is 1. The van der Waals surface area contributed by atoms with Crippen LogP contribution < -0.4 is 5.32 Å². The maximum Gasteiger partial charge on any atom is 0.246 e. The van der Waals surface area contributed by atoms with Crippen molar-refractivity contribution in [3.8, 4) is 0 Å². The molecule has 27 heavy (non-hydrogen) atoms. The SMILES string of the molecule is C=CC(=O)N1CC[C@@H](Nc2c(F)cnc3[nH]cc(C4CCOCC4)c23)[C@H]1C. The lowest BCUT2D eigenvalue weighted by molar-refractivity contribution is -0.126. The fourth-order valence-electron chi connectivity index (χ4n) is 4.32. The highest BCUT2D eigenvalue weighted by atomic mass is 19.1. The molecule has 0 radical (unpaired) electrons. The quantitative estimate of drug-likeness (QED) is 0.809. The Morgan fingerprint density at radius 2 is 2.22 bits per heavy atom. The number of pyridine rings is 1. The molecule has 7 heteroatoms. The van der Waals surface area contributed by atoms with Gasteiger partial charge in [-0.15, -0.1) is 0 Å². The lowest BCUT2D eigenvalue weighted by Crippen LogP contribution is -2.39. The molecule has 0 saturated carbocycles. The normalized spacial score (nSPS) is 23.7. The second kappa shape index (κ2) is 7.31. The molecule has 2 aliphatic rings. The molecule has 2 aliphatic heterocycles. The number of carbonyl (C=O) groups excluding carboxylic acids is 1. The second-order valence-corrected chi connectivity index (χ2v) is 7.35. The topological polar surface area (TPSA) is 70.2 Å². The summed E-state index contributed by atoms with van der Waals surface area (Å²) in [6.45, 7) is 7.64. The number of hydrogen-bond acceptors (Lipinski definition) is 4. The van der Waals surface area contributed by atoms with Gasteiger partial charge in [0.1, 0.15) is 5.65 Å². The van der Waals surface area contributed by atoms with Crippen LogP contribution in [0.5, 0.6) is 0 Å². The average molecular weight is 372 g/mol. The number of likely N-dealkylation sites (tertiary alicyclic amines) is 1. The molecule has 0 aliphatic carbocycles. The fourth-order valence-corrected chi connectivity index (χ4v) is 4.32. The van der Waals surface area contributed by atoms with E-state index in [0.29, 0.717) is 23.8 Å². The number of anilines is 1. The number of H-pyrrole nitrogens is 1. The van der Waals surface area contributed by atoms with Gasteiger partial charge < -0.3 is 19.9 Å². The van der Waals surface area contributed by atoms with Gasteiger partial charge in [0.05, 0.1) is 11.9 Å². The van der Waals surface area contributed by atoms with Gasteiger partial charge in [0.15, 0.2) is 5.82 Å². The average Bonchev–Trinajstić information content (AvgIpc) is 3.28. The number of nitrogens with zero attached hydrogens (tertiary/aromatic N) is 2. The molecular formula is C20H25FN4O2. The highest BCUT2D eigenvalue weighted by Crippen LogP contribution is 2.37. The van der Waals surface area contributed by atoms with E-state index in [4.69, 9.17) is 4.74 Å². The third-order valence-electron chi connectivity index (χ3n) is 5.89. The predicted octanol–water partition coefficient (Wildman–Crippen LogP) is 3.18. The minimum absolute atomic E-state index is 0.0218. The summed E-state index contributed by atoms with van der Waals surface area (Å²) >= 11 is 0. The largest absolute Gasteiger partial charge is 0.381 e. The maximum absolute atomic E-state index is 14.8. The molecule has 4 rings (SSSR count). The van der Waals surface area contributed by atoms with E-state index >= 15 is 0 Å². The van der Waals surface area contributed by atoms with Gasteiger partial charge in [0, 0.05) is 43.4 Å². The Kier molecular flexibility index (Phi) is 4.86. The molecule has 0 aromatic carbocycles. The number of aromatic amines is 1. The summed E-state index contributed by atoms with van der Waals surface area (Å²) in [5.74, 6) is -0.121. The van der Waals surface area contributed by atoms with Gasteiger partial charge >= 0.3 is 0 Å². The molecule has 2 aromatic rings. The van der Waals surface area contributed by atoms with Gasteiger partial charge in [0.25, 0.3) is 0 Å². The zero-order chi connectivity index (χ0) is 19.0. The summed E-state index contributed by atoms with van der Waals surface area (Å²) in [5, 5.41) is 4.20. The third-order valence-corrected chi connectivity index (χ3v) is 5.89. The Labute approximate surface area is 157 Å². The molecule has 4 heterocycles. The zero-order valence-electron chi connectivity index (χ0n) is 15.5. The summed E-state index contributed by atoms with van der Waals surface area (Å²) in [6.07, 6.45) is 7.14. The van der Waals surface area contributed by atoms with Crippen LogP contribution in [-0.2, 0) is 9.53 Å². The standard InChI is InChI=1S/C20H25FN4O2/c1-3-17(26)25-7-4-16(12(25)2)24-19-15(21)11-23-20-18(19)14(10-22-20)13-5-8-27-9-6-13/h3,10-13,16H,1,4-9H2,2H3,(H2,22,23,24)/t12-,16-/m1/s1. The summed E-state index contributed by atoms with van der Waals surface area (Å²) in [6, 6.07) is -0.0602. The molecule has 2 N–H and O–H groups in total. The summed E-state index contributed by atoms with van der Waals surface area (Å²) in [4.78, 5) is 21.2. The molecule has 2 atom stereocenters. The van der Waals surface area contributed by atoms with Crippen molar-refractivity contribution in [3.05, 3.63) is 36.4 Å². The van der Waals surface area contributed by atoms with E-state index in [0.717, 1.165) is 43.4 Å². The van der Waals surface area contributed by atoms with Crippen LogP contribution in [0.4, 0.5) is 10.1 Å². The number of aromatic nitrogens is 2. The van der Waals surface area contributed by atoms with Crippen molar-refractivity contribution in [2.75, 3.05) is 25.1 Å². The summed E-state index contributed by atoms with van der Waals surface area (Å²) < 4.78 is 20.3. The highest BCUT2D eigenvalue weighted by Gasteiger charge is 2.34. The number of hydrogen-bond donors (Lipinski definition) is 2. The first kappa shape index (κ1) is 18.0. The molecule has 0 spiro atoms. The van der Waals surface area contributed by atoms with Crippen molar-refractivity contribution in [3.63, 3.8) is 0 Å². The van der Waals surface area contributed by atoms with Crippen molar-refractivity contribution in [1.29, 1.82) is 0 Å². The van der Waals surface area contributed by atoms with E-state index in [2.05, 4.69) is 21.9 Å². The van der Waals surface area contributed by atoms with Crippen molar-refractivity contribution in [2.24, 2.45) is 0 Å². The monoisotopic (exact) mass is 372 g/mol. The number of amides is 1. The van der Waals surface area contributed by atoms with Crippen molar-refractivity contribution >= 4 is 22.6 Å². The highest BCUT2D eigenvalue weighted by molar-refractivity contribution is 5.93. The minimum Gasteiger partial charge on any atom is -0.381 e. The number of rotatable bonds is 4. The van der Waals surface area contributed by atoms with Gasteiger partial charge in [0.2, 0.25) is 5.91 Å². The van der Waals surface area contributed by atoms with Crippen molar-refractivity contribution in [2.45, 2.75) is 44.2 Å². The van der Waals surface area contributed by atoms with Crippen molar-refractivity contribution < 1.29 is 13.9 Å². The Balaban J connectivity index is 1.67. The number of halogens is 1. The first-order chi connectivity index (χ1) is 13.1. The number of carbonyl (C=O) groups is 1. The van der Waals surface area contributed by atoms with E-state index in [1.54, 1.807) is 4.90 Å². The Bertz CT molecular complexity index is 859. The van der Waals surface area contributed by atoms with Crippen molar-refractivity contribution in [1.82, 2.24) is 14.9 Å². The van der Waals surface area contributed by atoms with E-state index < -0.39 is 0 Å². The molecular weight excluding hydrogens is 347 g/mol. The van der Waals surface area contributed by atoms with E-state index in [1.165, 1.54) is 12.3 Å². The van der Waals surface area contributed by atoms with Crippen LogP contribution in [0, 0.1) is 5.82 Å².